The normalized spacial score (nSPS) is 26.2. The van der Waals surface area contributed by atoms with Gasteiger partial charge in [-0.05, 0) is 51.4 Å². The number of ether oxygens (including phenoxy) is 6. The summed E-state index contributed by atoms with van der Waals surface area (Å²) in [5.74, 6) is -0.398. The molecule has 2 aliphatic rings. The zero-order chi connectivity index (χ0) is 49.5. The summed E-state index contributed by atoms with van der Waals surface area (Å²) in [6.07, 6.45) is 31.7. The van der Waals surface area contributed by atoms with Crippen molar-refractivity contribution in [2.45, 2.75) is 255 Å². The Balaban J connectivity index is 1.77. The van der Waals surface area contributed by atoms with Crippen molar-refractivity contribution in [3.05, 3.63) is 48.6 Å². The van der Waals surface area contributed by atoms with E-state index in [1.165, 1.54) is 89.9 Å². The van der Waals surface area contributed by atoms with Crippen LogP contribution in [0.15, 0.2) is 48.6 Å². The lowest BCUT2D eigenvalue weighted by atomic mass is 9.98. The van der Waals surface area contributed by atoms with Crippen LogP contribution in [0.1, 0.15) is 187 Å². The number of hydrogen-bond donors (Lipinski definition) is 7. The Morgan fingerprint density at radius 1 is 0.500 bits per heavy atom. The van der Waals surface area contributed by atoms with Gasteiger partial charge in [0, 0.05) is 13.0 Å². The van der Waals surface area contributed by atoms with E-state index in [1.54, 1.807) is 0 Å². The standard InChI is InChI=1S/C54H96O14/c1-3-5-7-9-11-13-15-17-19-21-23-25-27-29-31-33-35-37-46(56)66-43(40-63-38-36-34-32-30-28-26-24-22-20-18-16-14-12-10-8-6-4-2)41-64-53-52(62)50(60)48(58)45(68-53)42-65-54-51(61)49(59)47(57)44(39-55)67-54/h5,7,11,13,17,19,23,25,43-45,47-55,57-62H,3-4,6,8-10,12,14-16,18,20-22,24,26-42H2,1-2H3/b7-5-,13-11-,19-17-,25-23-. The van der Waals surface area contributed by atoms with Crippen LogP contribution in [-0.2, 0) is 33.2 Å². The van der Waals surface area contributed by atoms with E-state index in [4.69, 9.17) is 28.4 Å². The van der Waals surface area contributed by atoms with E-state index in [-0.39, 0.29) is 19.6 Å². The minimum Gasteiger partial charge on any atom is -0.457 e. The molecule has 68 heavy (non-hydrogen) atoms. The summed E-state index contributed by atoms with van der Waals surface area (Å²) < 4.78 is 34.3. The summed E-state index contributed by atoms with van der Waals surface area (Å²) in [6.45, 7) is 3.56. The van der Waals surface area contributed by atoms with Crippen molar-refractivity contribution >= 4 is 5.97 Å². The Bertz CT molecular complexity index is 1310. The number of aliphatic hydroxyl groups excluding tert-OH is 7. The number of allylic oxidation sites excluding steroid dienone is 8. The van der Waals surface area contributed by atoms with Gasteiger partial charge >= 0.3 is 5.97 Å². The lowest BCUT2D eigenvalue weighted by molar-refractivity contribution is -0.332. The van der Waals surface area contributed by atoms with Crippen LogP contribution in [0.3, 0.4) is 0 Å². The highest BCUT2D eigenvalue weighted by atomic mass is 16.7. The molecule has 2 rings (SSSR count). The third-order valence-electron chi connectivity index (χ3n) is 12.6. The monoisotopic (exact) mass is 969 g/mol. The molecule has 0 radical (unpaired) electrons. The van der Waals surface area contributed by atoms with E-state index in [2.05, 4.69) is 62.5 Å². The summed E-state index contributed by atoms with van der Waals surface area (Å²) in [6, 6.07) is 0. The molecule has 2 saturated heterocycles. The second-order valence-electron chi connectivity index (χ2n) is 18.7. The van der Waals surface area contributed by atoms with Gasteiger partial charge < -0.3 is 64.2 Å². The van der Waals surface area contributed by atoms with Crippen molar-refractivity contribution in [1.29, 1.82) is 0 Å². The van der Waals surface area contributed by atoms with E-state index in [0.29, 0.717) is 13.0 Å². The lowest BCUT2D eigenvalue weighted by Gasteiger charge is -2.42. The van der Waals surface area contributed by atoms with E-state index >= 15 is 0 Å². The van der Waals surface area contributed by atoms with Crippen molar-refractivity contribution in [2.24, 2.45) is 0 Å². The number of rotatable bonds is 42. The number of carbonyl (C=O) groups excluding carboxylic acids is 1. The van der Waals surface area contributed by atoms with Gasteiger partial charge in [0.2, 0.25) is 0 Å². The fraction of sp³-hybridized carbons (Fsp3) is 0.833. The molecule has 11 unspecified atom stereocenters. The Labute approximate surface area is 410 Å². The molecule has 14 nitrogen and oxygen atoms in total. The molecule has 0 aliphatic carbocycles. The van der Waals surface area contributed by atoms with Gasteiger partial charge in [0.15, 0.2) is 12.6 Å². The topological polar surface area (TPSA) is 214 Å². The summed E-state index contributed by atoms with van der Waals surface area (Å²) in [5, 5.41) is 72.2. The van der Waals surface area contributed by atoms with Gasteiger partial charge in [-0.25, -0.2) is 0 Å². The summed E-state index contributed by atoms with van der Waals surface area (Å²) in [5.41, 5.74) is 0. The molecule has 0 spiro atoms. The van der Waals surface area contributed by atoms with Gasteiger partial charge in [-0.3, -0.25) is 4.79 Å². The molecule has 2 fully saturated rings. The number of carbonyl (C=O) groups is 1. The predicted octanol–water partition coefficient (Wildman–Crippen LogP) is 8.35. The molecule has 396 valence electrons. The third-order valence-corrected chi connectivity index (χ3v) is 12.6. The first-order chi connectivity index (χ1) is 33.1. The highest BCUT2D eigenvalue weighted by Crippen LogP contribution is 2.26. The highest BCUT2D eigenvalue weighted by Gasteiger charge is 2.47. The Morgan fingerprint density at radius 2 is 0.956 bits per heavy atom. The lowest BCUT2D eigenvalue weighted by Crippen LogP contribution is -2.61. The van der Waals surface area contributed by atoms with Crippen LogP contribution in [0.4, 0.5) is 0 Å². The molecule has 7 N–H and O–H groups in total. The van der Waals surface area contributed by atoms with Crippen LogP contribution in [0.2, 0.25) is 0 Å². The molecule has 0 saturated carbocycles. The first-order valence-electron chi connectivity index (χ1n) is 26.7. The zero-order valence-corrected chi connectivity index (χ0v) is 42.1. The number of aliphatic hydroxyl groups is 7. The predicted molar refractivity (Wildman–Crippen MR) is 266 cm³/mol. The van der Waals surface area contributed by atoms with Gasteiger partial charge in [0.25, 0.3) is 0 Å². The minimum absolute atomic E-state index is 0.0527. The molecule has 0 amide bonds. The second-order valence-corrected chi connectivity index (χ2v) is 18.7. The number of unbranched alkanes of at least 4 members (excludes halogenated alkanes) is 20. The summed E-state index contributed by atoms with van der Waals surface area (Å²) >= 11 is 0. The molecule has 11 atom stereocenters. The van der Waals surface area contributed by atoms with Gasteiger partial charge in [-0.1, -0.05) is 178 Å². The van der Waals surface area contributed by atoms with Crippen molar-refractivity contribution in [2.75, 3.05) is 33.0 Å². The Kier molecular flexibility index (Phi) is 37.9. The molecule has 0 aromatic heterocycles. The van der Waals surface area contributed by atoms with E-state index < -0.39 is 86.7 Å². The van der Waals surface area contributed by atoms with Crippen molar-refractivity contribution in [3.8, 4) is 0 Å². The molecular formula is C54H96O14. The maximum Gasteiger partial charge on any atom is 0.306 e. The number of esters is 1. The molecule has 2 heterocycles. The van der Waals surface area contributed by atoms with E-state index in [1.807, 2.05) is 0 Å². The molecule has 0 aromatic rings. The maximum atomic E-state index is 13.0. The molecule has 2 aliphatic heterocycles. The van der Waals surface area contributed by atoms with Crippen LogP contribution < -0.4 is 0 Å². The maximum absolute atomic E-state index is 13.0. The average Bonchev–Trinajstić information content (AvgIpc) is 3.33. The summed E-state index contributed by atoms with van der Waals surface area (Å²) in [4.78, 5) is 13.0. The smallest absolute Gasteiger partial charge is 0.306 e. The molecule has 14 heteroatoms. The SMILES string of the molecule is CC/C=C\C/C=C\C/C=C\C/C=C\CCCCCCC(=O)OC(COCCCCCCCCCCCCCCCCCCC)COC1OC(COC2OC(CO)C(O)C(O)C2O)C(O)C(O)C1O. The fourth-order valence-corrected chi connectivity index (χ4v) is 8.28. The first-order valence-corrected chi connectivity index (χ1v) is 26.7. The summed E-state index contributed by atoms with van der Waals surface area (Å²) in [7, 11) is 0. The van der Waals surface area contributed by atoms with E-state index in [0.717, 1.165) is 70.6 Å². The van der Waals surface area contributed by atoms with Crippen LogP contribution in [0, 0.1) is 0 Å². The van der Waals surface area contributed by atoms with Crippen molar-refractivity contribution in [1.82, 2.24) is 0 Å². The Morgan fingerprint density at radius 3 is 1.50 bits per heavy atom. The van der Waals surface area contributed by atoms with Crippen LogP contribution in [-0.4, -0.2) is 142 Å². The van der Waals surface area contributed by atoms with E-state index in [9.17, 15) is 40.5 Å². The Hall–Kier alpha value is -2.05. The number of hydrogen-bond acceptors (Lipinski definition) is 14. The van der Waals surface area contributed by atoms with Gasteiger partial charge in [-0.15, -0.1) is 0 Å². The minimum atomic E-state index is -1.71. The molecule has 0 bridgehead atoms. The fourth-order valence-electron chi connectivity index (χ4n) is 8.28. The largest absolute Gasteiger partial charge is 0.457 e. The highest BCUT2D eigenvalue weighted by molar-refractivity contribution is 5.69. The van der Waals surface area contributed by atoms with Crippen LogP contribution in [0.5, 0.6) is 0 Å². The average molecular weight is 969 g/mol. The molecule has 0 aromatic carbocycles. The van der Waals surface area contributed by atoms with Crippen molar-refractivity contribution in [3.63, 3.8) is 0 Å². The first kappa shape index (κ1) is 62.1. The third kappa shape index (κ3) is 28.7. The zero-order valence-electron chi connectivity index (χ0n) is 42.1. The second kappa shape index (κ2) is 41.6. The molecular weight excluding hydrogens is 873 g/mol. The van der Waals surface area contributed by atoms with Crippen molar-refractivity contribution < 1.29 is 69.0 Å². The van der Waals surface area contributed by atoms with Gasteiger partial charge in [0.1, 0.15) is 54.9 Å². The van der Waals surface area contributed by atoms with Gasteiger partial charge in [0.05, 0.1) is 26.4 Å². The van der Waals surface area contributed by atoms with Crippen LogP contribution >= 0.6 is 0 Å². The van der Waals surface area contributed by atoms with Gasteiger partial charge in [-0.2, -0.15) is 0 Å². The quantitative estimate of drug-likeness (QED) is 0.0174. The van der Waals surface area contributed by atoms with Crippen LogP contribution in [0.25, 0.3) is 0 Å².